The monoisotopic (exact) mass is 283 g/mol. The Labute approximate surface area is 111 Å². The summed E-state index contributed by atoms with van der Waals surface area (Å²) in [7, 11) is 1.63. The molecule has 0 saturated carbocycles. The molecule has 0 aliphatic rings. The molecule has 0 spiro atoms. The van der Waals surface area contributed by atoms with Crippen molar-refractivity contribution in [3.8, 4) is 16.5 Å². The summed E-state index contributed by atoms with van der Waals surface area (Å²) < 4.78 is 37.9. The minimum atomic E-state index is -4.40. The van der Waals surface area contributed by atoms with Crippen LogP contribution in [0.2, 0.25) is 0 Å². The summed E-state index contributed by atoms with van der Waals surface area (Å²) in [6.07, 6.45) is -4.40. The van der Waals surface area contributed by atoms with Crippen molar-refractivity contribution < 1.29 is 13.2 Å². The summed E-state index contributed by atoms with van der Waals surface area (Å²) in [6.45, 7) is 0. The van der Waals surface area contributed by atoms with Crippen molar-refractivity contribution in [1.29, 1.82) is 5.26 Å². The molecule has 2 rings (SSSR count). The fourth-order valence-electron chi connectivity index (χ4n) is 1.54. The van der Waals surface area contributed by atoms with E-state index in [1.54, 1.807) is 7.05 Å². The highest BCUT2D eigenvalue weighted by Crippen LogP contribution is 2.36. The number of nitrogens with zero attached hydrogens (tertiary/aromatic N) is 2. The van der Waals surface area contributed by atoms with Gasteiger partial charge in [-0.05, 0) is 17.7 Å². The first-order chi connectivity index (χ1) is 8.95. The third-order valence-corrected chi connectivity index (χ3v) is 3.52. The average Bonchev–Trinajstić information content (AvgIpc) is 2.81. The topological polar surface area (TPSA) is 48.7 Å². The second-order valence-electron chi connectivity index (χ2n) is 3.64. The SMILES string of the molecule is CNc1nc(C#N)c(-c2cccc(C(F)(F)F)c2)s1. The van der Waals surface area contributed by atoms with Crippen LogP contribution in [-0.2, 0) is 6.18 Å². The molecule has 1 heterocycles. The number of aromatic nitrogens is 1. The Hall–Kier alpha value is -2.07. The van der Waals surface area contributed by atoms with Crippen LogP contribution in [0.25, 0.3) is 10.4 Å². The molecule has 2 aromatic rings. The molecule has 1 N–H and O–H groups in total. The van der Waals surface area contributed by atoms with Crippen LogP contribution in [0.1, 0.15) is 11.3 Å². The highest BCUT2D eigenvalue weighted by Gasteiger charge is 2.30. The lowest BCUT2D eigenvalue weighted by atomic mass is 10.1. The summed E-state index contributed by atoms with van der Waals surface area (Å²) in [5.74, 6) is 0. The second-order valence-corrected chi connectivity index (χ2v) is 4.64. The fraction of sp³-hybridized carbons (Fsp3) is 0.167. The number of rotatable bonds is 2. The largest absolute Gasteiger partial charge is 0.416 e. The van der Waals surface area contributed by atoms with Gasteiger partial charge in [0.2, 0.25) is 0 Å². The number of hydrogen-bond donors (Lipinski definition) is 1. The van der Waals surface area contributed by atoms with Crippen molar-refractivity contribution in [2.45, 2.75) is 6.18 Å². The van der Waals surface area contributed by atoms with Gasteiger partial charge < -0.3 is 5.32 Å². The van der Waals surface area contributed by atoms with Crippen molar-refractivity contribution >= 4 is 16.5 Å². The number of nitrogens with one attached hydrogen (secondary N) is 1. The van der Waals surface area contributed by atoms with Crippen LogP contribution in [-0.4, -0.2) is 12.0 Å². The summed E-state index contributed by atoms with van der Waals surface area (Å²) in [5.41, 5.74) is -0.285. The Morgan fingerprint density at radius 2 is 2.11 bits per heavy atom. The number of hydrogen-bond acceptors (Lipinski definition) is 4. The maximum Gasteiger partial charge on any atom is 0.416 e. The van der Waals surface area contributed by atoms with Gasteiger partial charge in [0, 0.05) is 7.05 Å². The number of thiazole rings is 1. The fourth-order valence-corrected chi connectivity index (χ4v) is 2.40. The predicted molar refractivity (Wildman–Crippen MR) is 66.8 cm³/mol. The standard InChI is InChI=1S/C12H8F3N3S/c1-17-11-18-9(6-16)10(19-11)7-3-2-4-8(5-7)12(13,14)15/h2-5H,1H3,(H,17,18). The molecular formula is C12H8F3N3S. The molecule has 0 fully saturated rings. The molecular weight excluding hydrogens is 275 g/mol. The normalized spacial score (nSPS) is 11.1. The molecule has 0 atom stereocenters. The molecule has 0 radical (unpaired) electrons. The van der Waals surface area contributed by atoms with Crippen molar-refractivity contribution in [1.82, 2.24) is 4.98 Å². The Bertz CT molecular complexity index is 640. The molecule has 0 unspecified atom stereocenters. The van der Waals surface area contributed by atoms with Crippen molar-refractivity contribution in [3.05, 3.63) is 35.5 Å². The molecule has 0 bridgehead atoms. The van der Waals surface area contributed by atoms with Gasteiger partial charge in [-0.25, -0.2) is 4.98 Å². The lowest BCUT2D eigenvalue weighted by Crippen LogP contribution is -2.04. The van der Waals surface area contributed by atoms with Crippen LogP contribution in [0.5, 0.6) is 0 Å². The summed E-state index contributed by atoms with van der Waals surface area (Å²) in [5, 5.41) is 12.2. The van der Waals surface area contributed by atoms with Gasteiger partial charge in [0.15, 0.2) is 10.8 Å². The van der Waals surface area contributed by atoms with Crippen molar-refractivity contribution in [2.75, 3.05) is 12.4 Å². The summed E-state index contributed by atoms with van der Waals surface area (Å²) >= 11 is 1.14. The molecule has 7 heteroatoms. The average molecular weight is 283 g/mol. The van der Waals surface area contributed by atoms with Crippen LogP contribution in [0, 0.1) is 11.3 Å². The van der Waals surface area contributed by atoms with Crippen LogP contribution >= 0.6 is 11.3 Å². The smallest absolute Gasteiger partial charge is 0.365 e. The molecule has 1 aromatic heterocycles. The third kappa shape index (κ3) is 2.69. The van der Waals surface area contributed by atoms with E-state index in [9.17, 15) is 13.2 Å². The van der Waals surface area contributed by atoms with E-state index in [0.717, 1.165) is 23.5 Å². The molecule has 3 nitrogen and oxygen atoms in total. The van der Waals surface area contributed by atoms with Gasteiger partial charge in [0.1, 0.15) is 6.07 Å². The predicted octanol–water partition coefficient (Wildman–Crippen LogP) is 3.74. The first kappa shape index (κ1) is 13.4. The lowest BCUT2D eigenvalue weighted by Gasteiger charge is -2.07. The van der Waals surface area contributed by atoms with Crippen LogP contribution < -0.4 is 5.32 Å². The minimum absolute atomic E-state index is 0.119. The molecule has 0 saturated heterocycles. The summed E-state index contributed by atoms with van der Waals surface area (Å²) in [4.78, 5) is 4.41. The molecule has 0 amide bonds. The van der Waals surface area contributed by atoms with Gasteiger partial charge >= 0.3 is 6.18 Å². The van der Waals surface area contributed by atoms with Crippen LogP contribution in [0.15, 0.2) is 24.3 Å². The van der Waals surface area contributed by atoms with Gasteiger partial charge in [0.25, 0.3) is 0 Å². The highest BCUT2D eigenvalue weighted by atomic mass is 32.1. The van der Waals surface area contributed by atoms with E-state index in [1.807, 2.05) is 6.07 Å². The second kappa shape index (κ2) is 4.90. The zero-order valence-electron chi connectivity index (χ0n) is 9.75. The van der Waals surface area contributed by atoms with Crippen LogP contribution in [0.4, 0.5) is 18.3 Å². The molecule has 19 heavy (non-hydrogen) atoms. The van der Waals surface area contributed by atoms with Crippen molar-refractivity contribution in [3.63, 3.8) is 0 Å². The number of benzene rings is 1. The zero-order chi connectivity index (χ0) is 14.0. The van der Waals surface area contributed by atoms with Gasteiger partial charge in [-0.1, -0.05) is 23.5 Å². The molecule has 0 aliphatic heterocycles. The van der Waals surface area contributed by atoms with E-state index in [0.29, 0.717) is 15.6 Å². The van der Waals surface area contributed by atoms with E-state index >= 15 is 0 Å². The number of halogens is 3. The maximum atomic E-state index is 12.6. The Kier molecular flexibility index (Phi) is 3.44. The summed E-state index contributed by atoms with van der Waals surface area (Å²) in [6, 6.07) is 6.75. The molecule has 0 aliphatic carbocycles. The number of nitriles is 1. The first-order valence-corrected chi connectivity index (χ1v) is 6.03. The van der Waals surface area contributed by atoms with Gasteiger partial charge in [-0.3, -0.25) is 0 Å². The Morgan fingerprint density at radius 3 is 2.68 bits per heavy atom. The number of anilines is 1. The van der Waals surface area contributed by atoms with E-state index in [4.69, 9.17) is 5.26 Å². The molecule has 98 valence electrons. The van der Waals surface area contributed by atoms with Gasteiger partial charge in [0.05, 0.1) is 10.4 Å². The van der Waals surface area contributed by atoms with Gasteiger partial charge in [-0.2, -0.15) is 18.4 Å². The third-order valence-electron chi connectivity index (χ3n) is 2.40. The van der Waals surface area contributed by atoms with E-state index in [1.165, 1.54) is 12.1 Å². The minimum Gasteiger partial charge on any atom is -0.365 e. The first-order valence-electron chi connectivity index (χ1n) is 5.22. The lowest BCUT2D eigenvalue weighted by molar-refractivity contribution is -0.137. The maximum absolute atomic E-state index is 12.6. The zero-order valence-corrected chi connectivity index (χ0v) is 10.6. The van der Waals surface area contributed by atoms with Gasteiger partial charge in [-0.15, -0.1) is 0 Å². The van der Waals surface area contributed by atoms with E-state index in [2.05, 4.69) is 10.3 Å². The van der Waals surface area contributed by atoms with E-state index in [-0.39, 0.29) is 5.69 Å². The Balaban J connectivity index is 2.54. The van der Waals surface area contributed by atoms with Crippen LogP contribution in [0.3, 0.4) is 0 Å². The quantitative estimate of drug-likeness (QED) is 0.913. The van der Waals surface area contributed by atoms with E-state index < -0.39 is 11.7 Å². The number of alkyl halides is 3. The molecule has 1 aromatic carbocycles. The van der Waals surface area contributed by atoms with Crippen molar-refractivity contribution in [2.24, 2.45) is 0 Å². The Morgan fingerprint density at radius 1 is 1.37 bits per heavy atom. The highest BCUT2D eigenvalue weighted by molar-refractivity contribution is 7.19.